The molecule has 2 aromatic carbocycles. The lowest BCUT2D eigenvalue weighted by Crippen LogP contribution is -2.36. The Balaban J connectivity index is 2.08. The second kappa shape index (κ2) is 10.2. The number of methoxy groups -OCH3 is 3. The molecule has 0 aromatic heterocycles. The van der Waals surface area contributed by atoms with Gasteiger partial charge in [0, 0.05) is 18.7 Å². The summed E-state index contributed by atoms with van der Waals surface area (Å²) in [5.74, 6) is 2.58. The third-order valence-corrected chi connectivity index (χ3v) is 3.96. The third kappa shape index (κ3) is 5.44. The summed E-state index contributed by atoms with van der Waals surface area (Å²) in [5.41, 5.74) is 1.72. The van der Waals surface area contributed by atoms with Crippen molar-refractivity contribution in [1.29, 1.82) is 0 Å². The summed E-state index contributed by atoms with van der Waals surface area (Å²) in [6, 6.07) is 11.1. The molecule has 7 heteroatoms. The van der Waals surface area contributed by atoms with Crippen LogP contribution in [-0.2, 0) is 13.1 Å². The highest BCUT2D eigenvalue weighted by molar-refractivity contribution is 5.79. The predicted molar refractivity (Wildman–Crippen MR) is 106 cm³/mol. The molecule has 0 radical (unpaired) electrons. The molecule has 7 nitrogen and oxygen atoms in total. The fourth-order valence-corrected chi connectivity index (χ4v) is 2.55. The monoisotopic (exact) mass is 373 g/mol. The molecule has 0 saturated carbocycles. The van der Waals surface area contributed by atoms with Crippen molar-refractivity contribution in [2.75, 3.05) is 27.9 Å². The van der Waals surface area contributed by atoms with E-state index in [1.165, 1.54) is 7.11 Å². The molecule has 0 atom stereocenters. The van der Waals surface area contributed by atoms with Crippen molar-refractivity contribution < 1.29 is 19.3 Å². The Morgan fingerprint density at radius 3 is 2.37 bits per heavy atom. The van der Waals surface area contributed by atoms with Crippen LogP contribution in [0.15, 0.2) is 41.4 Å². The van der Waals surface area contributed by atoms with Gasteiger partial charge in [-0.2, -0.15) is 0 Å². The van der Waals surface area contributed by atoms with Crippen LogP contribution in [0.3, 0.4) is 0 Å². The minimum Gasteiger partial charge on any atom is -0.504 e. The lowest BCUT2D eigenvalue weighted by molar-refractivity contribution is 0.354. The van der Waals surface area contributed by atoms with E-state index in [1.807, 2.05) is 37.3 Å². The second-order valence-corrected chi connectivity index (χ2v) is 5.71. The summed E-state index contributed by atoms with van der Waals surface area (Å²) < 4.78 is 15.7. The van der Waals surface area contributed by atoms with Crippen LogP contribution in [0.1, 0.15) is 18.1 Å². The number of rotatable bonds is 8. The average molecular weight is 373 g/mol. The largest absolute Gasteiger partial charge is 0.504 e. The number of nitrogens with zero attached hydrogens (tertiary/aromatic N) is 1. The van der Waals surface area contributed by atoms with Crippen molar-refractivity contribution in [1.82, 2.24) is 10.6 Å². The van der Waals surface area contributed by atoms with Crippen molar-refractivity contribution in [3.8, 4) is 23.0 Å². The van der Waals surface area contributed by atoms with Gasteiger partial charge < -0.3 is 30.0 Å². The van der Waals surface area contributed by atoms with Crippen molar-refractivity contribution >= 4 is 5.96 Å². The van der Waals surface area contributed by atoms with Crippen LogP contribution in [0.2, 0.25) is 0 Å². The van der Waals surface area contributed by atoms with Gasteiger partial charge in [-0.3, -0.25) is 0 Å². The van der Waals surface area contributed by atoms with Crippen molar-refractivity contribution in [2.45, 2.75) is 20.0 Å². The minimum absolute atomic E-state index is 0.128. The molecule has 0 aliphatic carbocycles. The molecule has 27 heavy (non-hydrogen) atoms. The van der Waals surface area contributed by atoms with Crippen LogP contribution in [0, 0.1) is 0 Å². The first kappa shape index (κ1) is 20.2. The molecule has 3 N–H and O–H groups in total. The van der Waals surface area contributed by atoms with Gasteiger partial charge >= 0.3 is 0 Å². The van der Waals surface area contributed by atoms with Gasteiger partial charge in [0.25, 0.3) is 0 Å². The van der Waals surface area contributed by atoms with Crippen molar-refractivity contribution in [2.24, 2.45) is 4.99 Å². The Morgan fingerprint density at radius 1 is 0.963 bits per heavy atom. The SMILES string of the molecule is CCNC(=NCc1ccc(OC)c(OC)c1)NCc1cccc(OC)c1O. The maximum atomic E-state index is 10.2. The fourth-order valence-electron chi connectivity index (χ4n) is 2.55. The van der Waals surface area contributed by atoms with E-state index in [4.69, 9.17) is 14.2 Å². The van der Waals surface area contributed by atoms with Gasteiger partial charge in [0.05, 0.1) is 27.9 Å². The molecule has 0 unspecified atom stereocenters. The van der Waals surface area contributed by atoms with Crippen LogP contribution >= 0.6 is 0 Å². The lowest BCUT2D eigenvalue weighted by Gasteiger charge is -2.14. The highest BCUT2D eigenvalue weighted by Crippen LogP contribution is 2.29. The maximum Gasteiger partial charge on any atom is 0.191 e. The van der Waals surface area contributed by atoms with Gasteiger partial charge in [0.1, 0.15) is 0 Å². The van der Waals surface area contributed by atoms with E-state index in [9.17, 15) is 5.11 Å². The van der Waals surface area contributed by atoms with Crippen molar-refractivity contribution in [3.63, 3.8) is 0 Å². The van der Waals surface area contributed by atoms with Gasteiger partial charge in [0.2, 0.25) is 0 Å². The van der Waals surface area contributed by atoms with E-state index in [1.54, 1.807) is 20.3 Å². The average Bonchev–Trinajstić information content (AvgIpc) is 2.70. The van der Waals surface area contributed by atoms with Gasteiger partial charge in [-0.1, -0.05) is 18.2 Å². The fraction of sp³-hybridized carbons (Fsp3) is 0.350. The Kier molecular flexibility index (Phi) is 7.61. The molecule has 146 valence electrons. The zero-order valence-corrected chi connectivity index (χ0v) is 16.2. The predicted octanol–water partition coefficient (Wildman–Crippen LogP) is 2.67. The van der Waals surface area contributed by atoms with Crippen LogP contribution in [0.4, 0.5) is 0 Å². The normalized spacial score (nSPS) is 11.0. The number of hydrogen-bond acceptors (Lipinski definition) is 5. The van der Waals surface area contributed by atoms with Crippen LogP contribution in [0.25, 0.3) is 0 Å². The summed E-state index contributed by atoms with van der Waals surface area (Å²) >= 11 is 0. The topological polar surface area (TPSA) is 84.3 Å². The second-order valence-electron chi connectivity index (χ2n) is 5.71. The van der Waals surface area contributed by atoms with E-state index in [0.29, 0.717) is 36.3 Å². The highest BCUT2D eigenvalue weighted by atomic mass is 16.5. The highest BCUT2D eigenvalue weighted by Gasteiger charge is 2.08. The van der Waals surface area contributed by atoms with Crippen LogP contribution in [-0.4, -0.2) is 38.9 Å². The summed E-state index contributed by atoms with van der Waals surface area (Å²) in [5, 5.41) is 16.6. The van der Waals surface area contributed by atoms with Crippen LogP contribution < -0.4 is 24.8 Å². The molecule has 0 amide bonds. The molecule has 0 saturated heterocycles. The smallest absolute Gasteiger partial charge is 0.191 e. The number of guanidine groups is 1. The molecule has 2 aromatic rings. The first-order valence-electron chi connectivity index (χ1n) is 8.70. The van der Waals surface area contributed by atoms with Gasteiger partial charge in [0.15, 0.2) is 29.0 Å². The summed E-state index contributed by atoms with van der Waals surface area (Å²) in [7, 11) is 4.74. The van der Waals surface area contributed by atoms with Gasteiger partial charge in [-0.15, -0.1) is 0 Å². The summed E-state index contributed by atoms with van der Waals surface area (Å²) in [6.45, 7) is 3.61. The van der Waals surface area contributed by atoms with Crippen molar-refractivity contribution in [3.05, 3.63) is 47.5 Å². The first-order valence-corrected chi connectivity index (χ1v) is 8.70. The summed E-state index contributed by atoms with van der Waals surface area (Å²) in [6.07, 6.45) is 0. The third-order valence-electron chi connectivity index (χ3n) is 3.96. The van der Waals surface area contributed by atoms with E-state index < -0.39 is 0 Å². The Labute approximate surface area is 160 Å². The minimum atomic E-state index is 0.128. The lowest BCUT2D eigenvalue weighted by atomic mass is 10.2. The number of phenols is 1. The molecule has 0 heterocycles. The molecule has 0 spiro atoms. The molecule has 0 fully saturated rings. The quantitative estimate of drug-likeness (QED) is 0.487. The number of ether oxygens (including phenoxy) is 3. The Bertz CT molecular complexity index is 778. The molecular formula is C20H27N3O4. The Morgan fingerprint density at radius 2 is 1.70 bits per heavy atom. The standard InChI is InChI=1S/C20H27N3O4/c1-5-21-20(23-13-15-7-6-8-17(26-3)19(15)24)22-12-14-9-10-16(25-2)18(11-14)27-4/h6-11,24H,5,12-13H2,1-4H3,(H2,21,22,23). The number of benzene rings is 2. The molecule has 0 aliphatic heterocycles. The number of phenolic OH excluding ortho intramolecular Hbond substituents is 1. The molecule has 0 bridgehead atoms. The number of aliphatic imine (C=N–C) groups is 1. The number of aromatic hydroxyl groups is 1. The Hall–Kier alpha value is -3.09. The van der Waals surface area contributed by atoms with Gasteiger partial charge in [-0.05, 0) is 30.7 Å². The first-order chi connectivity index (χ1) is 13.1. The summed E-state index contributed by atoms with van der Waals surface area (Å²) in [4.78, 5) is 4.59. The maximum absolute atomic E-state index is 10.2. The number of hydrogen-bond donors (Lipinski definition) is 3. The molecule has 0 aliphatic rings. The number of nitrogens with one attached hydrogen (secondary N) is 2. The molecular weight excluding hydrogens is 346 g/mol. The van der Waals surface area contributed by atoms with E-state index in [0.717, 1.165) is 17.7 Å². The van der Waals surface area contributed by atoms with Crippen LogP contribution in [0.5, 0.6) is 23.0 Å². The molecule has 2 rings (SSSR count). The van der Waals surface area contributed by atoms with E-state index >= 15 is 0 Å². The van der Waals surface area contributed by atoms with E-state index in [2.05, 4.69) is 15.6 Å². The van der Waals surface area contributed by atoms with Gasteiger partial charge in [-0.25, -0.2) is 4.99 Å². The zero-order valence-electron chi connectivity index (χ0n) is 16.2. The number of para-hydroxylation sites is 1. The van der Waals surface area contributed by atoms with E-state index in [-0.39, 0.29) is 5.75 Å². The zero-order chi connectivity index (χ0) is 19.6.